The van der Waals surface area contributed by atoms with Crippen molar-refractivity contribution in [3.8, 4) is 17.2 Å². The van der Waals surface area contributed by atoms with E-state index in [1.54, 1.807) is 14.2 Å². The van der Waals surface area contributed by atoms with Gasteiger partial charge in [-0.3, -0.25) is 0 Å². The first-order chi connectivity index (χ1) is 11.0. The molecular formula is C19H20O3Se. The molecule has 0 atom stereocenters. The normalized spacial score (nSPS) is 15.2. The van der Waals surface area contributed by atoms with Gasteiger partial charge in [-0.1, -0.05) is 0 Å². The van der Waals surface area contributed by atoms with Crippen LogP contribution in [0.2, 0.25) is 0 Å². The number of rotatable bonds is 4. The van der Waals surface area contributed by atoms with Gasteiger partial charge in [-0.05, 0) is 0 Å². The zero-order valence-electron chi connectivity index (χ0n) is 13.8. The van der Waals surface area contributed by atoms with Crippen LogP contribution in [0, 0.1) is 0 Å². The summed E-state index contributed by atoms with van der Waals surface area (Å²) in [5, 5.41) is 0. The predicted octanol–water partition coefficient (Wildman–Crippen LogP) is 3.25. The molecule has 0 saturated heterocycles. The minimum absolute atomic E-state index is 0.218. The van der Waals surface area contributed by atoms with E-state index in [2.05, 4.69) is 44.2 Å². The van der Waals surface area contributed by atoms with Crippen molar-refractivity contribution in [1.29, 1.82) is 0 Å². The molecule has 1 aliphatic rings. The molecule has 0 N–H and O–H groups in total. The molecule has 0 unspecified atom stereocenters. The van der Waals surface area contributed by atoms with E-state index >= 15 is 0 Å². The Labute approximate surface area is 143 Å². The zero-order chi connectivity index (χ0) is 16.4. The van der Waals surface area contributed by atoms with Crippen molar-refractivity contribution >= 4 is 25.5 Å². The molecule has 23 heavy (non-hydrogen) atoms. The monoisotopic (exact) mass is 376 g/mol. The SMILES string of the molecule is COc1cc2c(cc1OC)OC(C)(C)C([Se]c1ccccc1)=C2. The van der Waals surface area contributed by atoms with Crippen molar-refractivity contribution in [2.24, 2.45) is 0 Å². The quantitative estimate of drug-likeness (QED) is 0.768. The molecule has 0 spiro atoms. The third kappa shape index (κ3) is 3.24. The Bertz CT molecular complexity index is 736. The van der Waals surface area contributed by atoms with Gasteiger partial charge >= 0.3 is 143 Å². The Morgan fingerprint density at radius 1 is 0.957 bits per heavy atom. The van der Waals surface area contributed by atoms with E-state index in [0.717, 1.165) is 17.1 Å². The summed E-state index contributed by atoms with van der Waals surface area (Å²) in [6, 6.07) is 14.4. The summed E-state index contributed by atoms with van der Waals surface area (Å²) < 4.78 is 19.7. The fourth-order valence-corrected chi connectivity index (χ4v) is 4.63. The van der Waals surface area contributed by atoms with Gasteiger partial charge in [-0.15, -0.1) is 0 Å². The molecule has 3 nitrogen and oxygen atoms in total. The predicted molar refractivity (Wildman–Crippen MR) is 94.1 cm³/mol. The van der Waals surface area contributed by atoms with Gasteiger partial charge in [-0.25, -0.2) is 0 Å². The summed E-state index contributed by atoms with van der Waals surface area (Å²) in [6.07, 6.45) is 2.23. The second kappa shape index (κ2) is 6.31. The molecule has 2 aromatic carbocycles. The van der Waals surface area contributed by atoms with Crippen molar-refractivity contribution in [2.45, 2.75) is 19.4 Å². The minimum atomic E-state index is -0.331. The number of ether oxygens (including phenoxy) is 3. The summed E-state index contributed by atoms with van der Waals surface area (Å²) in [5.41, 5.74) is 0.706. The Kier molecular flexibility index (Phi) is 4.38. The van der Waals surface area contributed by atoms with Crippen molar-refractivity contribution in [3.05, 3.63) is 52.5 Å². The van der Waals surface area contributed by atoms with Gasteiger partial charge in [0.15, 0.2) is 0 Å². The number of methoxy groups -OCH3 is 2. The standard InChI is InChI=1S/C19H20O3Se/c1-19(2)18(23-14-8-6-5-7-9-14)11-13-10-16(20-3)17(21-4)12-15(13)22-19/h5-12H,1-4H3. The Morgan fingerprint density at radius 2 is 1.61 bits per heavy atom. The number of hydrogen-bond donors (Lipinski definition) is 0. The molecule has 120 valence electrons. The summed E-state index contributed by atoms with van der Waals surface area (Å²) in [7, 11) is 3.29. The average Bonchev–Trinajstić information content (AvgIpc) is 2.55. The Morgan fingerprint density at radius 3 is 2.26 bits per heavy atom. The van der Waals surface area contributed by atoms with E-state index < -0.39 is 0 Å². The van der Waals surface area contributed by atoms with E-state index in [9.17, 15) is 0 Å². The van der Waals surface area contributed by atoms with E-state index in [4.69, 9.17) is 14.2 Å². The molecule has 1 aliphatic heterocycles. The number of hydrogen-bond acceptors (Lipinski definition) is 3. The van der Waals surface area contributed by atoms with Gasteiger partial charge in [0.2, 0.25) is 0 Å². The fraction of sp³-hybridized carbons (Fsp3) is 0.263. The molecule has 0 bridgehead atoms. The van der Waals surface area contributed by atoms with Crippen LogP contribution in [-0.4, -0.2) is 34.8 Å². The molecule has 4 heteroatoms. The van der Waals surface area contributed by atoms with Crippen LogP contribution in [-0.2, 0) is 0 Å². The maximum atomic E-state index is 6.26. The van der Waals surface area contributed by atoms with Crippen LogP contribution in [0.3, 0.4) is 0 Å². The third-order valence-corrected chi connectivity index (χ3v) is 6.54. The second-order valence-corrected chi connectivity index (χ2v) is 8.12. The number of fused-ring (bicyclic) bond motifs is 1. The first-order valence-corrected chi connectivity index (χ1v) is 9.15. The van der Waals surface area contributed by atoms with Crippen LogP contribution in [0.25, 0.3) is 6.08 Å². The van der Waals surface area contributed by atoms with Crippen LogP contribution in [0.15, 0.2) is 46.9 Å². The number of benzene rings is 2. The van der Waals surface area contributed by atoms with Crippen molar-refractivity contribution < 1.29 is 14.2 Å². The summed E-state index contributed by atoms with van der Waals surface area (Å²) >= 11 is 0.218. The van der Waals surface area contributed by atoms with Crippen LogP contribution in [0.5, 0.6) is 17.2 Å². The first kappa shape index (κ1) is 16.0. The summed E-state index contributed by atoms with van der Waals surface area (Å²) in [4.78, 5) is 0. The van der Waals surface area contributed by atoms with Crippen molar-refractivity contribution in [2.75, 3.05) is 14.2 Å². The van der Waals surface area contributed by atoms with Crippen LogP contribution in [0.1, 0.15) is 19.4 Å². The van der Waals surface area contributed by atoms with Crippen molar-refractivity contribution in [3.63, 3.8) is 0 Å². The van der Waals surface area contributed by atoms with Gasteiger partial charge in [0, 0.05) is 0 Å². The molecule has 0 saturated carbocycles. The van der Waals surface area contributed by atoms with E-state index in [0.29, 0.717) is 5.75 Å². The molecule has 0 radical (unpaired) electrons. The van der Waals surface area contributed by atoms with Gasteiger partial charge in [0.1, 0.15) is 0 Å². The molecule has 1 heterocycles. The fourth-order valence-electron chi connectivity index (χ4n) is 2.49. The Hall–Kier alpha value is -1.90. The van der Waals surface area contributed by atoms with E-state index in [-0.39, 0.29) is 20.6 Å². The van der Waals surface area contributed by atoms with E-state index in [1.165, 1.54) is 8.93 Å². The average molecular weight is 375 g/mol. The Balaban J connectivity index is 2.02. The van der Waals surface area contributed by atoms with Crippen molar-refractivity contribution in [1.82, 2.24) is 0 Å². The molecular weight excluding hydrogens is 355 g/mol. The van der Waals surface area contributed by atoms with E-state index in [1.807, 2.05) is 18.2 Å². The van der Waals surface area contributed by atoms with Gasteiger partial charge < -0.3 is 0 Å². The van der Waals surface area contributed by atoms with Gasteiger partial charge in [0.25, 0.3) is 0 Å². The van der Waals surface area contributed by atoms with Crippen LogP contribution >= 0.6 is 0 Å². The molecule has 3 rings (SSSR count). The molecule has 0 aliphatic carbocycles. The maximum absolute atomic E-state index is 6.26. The molecule has 2 aromatic rings. The van der Waals surface area contributed by atoms with Gasteiger partial charge in [0.05, 0.1) is 0 Å². The second-order valence-electron chi connectivity index (χ2n) is 5.78. The first-order valence-electron chi connectivity index (χ1n) is 7.43. The van der Waals surface area contributed by atoms with Gasteiger partial charge in [-0.2, -0.15) is 0 Å². The topological polar surface area (TPSA) is 27.7 Å². The molecule has 0 amide bonds. The summed E-state index contributed by atoms with van der Waals surface area (Å²) in [5.74, 6) is 2.24. The van der Waals surface area contributed by atoms with Crippen LogP contribution in [0.4, 0.5) is 0 Å². The molecule has 0 fully saturated rings. The molecule has 0 aromatic heterocycles. The summed E-state index contributed by atoms with van der Waals surface area (Å²) in [6.45, 7) is 4.23. The zero-order valence-corrected chi connectivity index (χ0v) is 15.5. The van der Waals surface area contributed by atoms with Crippen LogP contribution < -0.4 is 18.7 Å². The third-order valence-electron chi connectivity index (χ3n) is 3.73.